The zero-order valence-corrected chi connectivity index (χ0v) is 14.2. The van der Waals surface area contributed by atoms with Gasteiger partial charge in [0.25, 0.3) is 10.0 Å². The summed E-state index contributed by atoms with van der Waals surface area (Å²) >= 11 is 0. The number of nitrogens with one attached hydrogen (secondary N) is 2. The Morgan fingerprint density at radius 2 is 1.75 bits per heavy atom. The predicted molar refractivity (Wildman–Crippen MR) is 89.7 cm³/mol. The number of benzene rings is 1. The Labute approximate surface area is 141 Å². The van der Waals surface area contributed by atoms with Gasteiger partial charge >= 0.3 is 0 Å². The van der Waals surface area contributed by atoms with Gasteiger partial charge in [-0.1, -0.05) is 18.2 Å². The average molecular weight is 349 g/mol. The van der Waals surface area contributed by atoms with Gasteiger partial charge in [-0.25, -0.2) is 23.1 Å². The summed E-state index contributed by atoms with van der Waals surface area (Å²) in [6, 6.07) is 7.99. The fourth-order valence-electron chi connectivity index (χ4n) is 1.75. The number of anilines is 1. The monoisotopic (exact) mass is 349 g/mol. The SMILES string of the molecule is CN(C)C(=O)CNCc1cnc(NS(=O)(=O)c2ccccc2)nc1. The highest BCUT2D eigenvalue weighted by Gasteiger charge is 2.14. The second-order valence-corrected chi connectivity index (χ2v) is 6.91. The van der Waals surface area contributed by atoms with E-state index < -0.39 is 10.0 Å². The van der Waals surface area contributed by atoms with Gasteiger partial charge in [0, 0.05) is 38.6 Å². The molecule has 0 saturated heterocycles. The summed E-state index contributed by atoms with van der Waals surface area (Å²) in [6.07, 6.45) is 3.01. The molecule has 0 atom stereocenters. The van der Waals surface area contributed by atoms with Crippen LogP contribution in [-0.4, -0.2) is 49.8 Å². The van der Waals surface area contributed by atoms with Crippen LogP contribution in [0.4, 0.5) is 5.95 Å². The number of rotatable bonds is 7. The minimum absolute atomic E-state index is 0.00743. The number of hydrogen-bond acceptors (Lipinski definition) is 6. The molecule has 2 N–H and O–H groups in total. The van der Waals surface area contributed by atoms with Crippen LogP contribution in [-0.2, 0) is 21.4 Å². The highest BCUT2D eigenvalue weighted by atomic mass is 32.2. The van der Waals surface area contributed by atoms with Gasteiger partial charge in [-0.15, -0.1) is 0 Å². The van der Waals surface area contributed by atoms with E-state index >= 15 is 0 Å². The number of aromatic nitrogens is 2. The maximum Gasteiger partial charge on any atom is 0.264 e. The molecular weight excluding hydrogens is 330 g/mol. The van der Waals surface area contributed by atoms with Crippen LogP contribution < -0.4 is 10.0 Å². The van der Waals surface area contributed by atoms with Crippen molar-refractivity contribution < 1.29 is 13.2 Å². The van der Waals surface area contributed by atoms with E-state index in [4.69, 9.17) is 0 Å². The van der Waals surface area contributed by atoms with Gasteiger partial charge < -0.3 is 10.2 Å². The maximum absolute atomic E-state index is 12.2. The molecule has 0 radical (unpaired) electrons. The molecule has 8 nitrogen and oxygen atoms in total. The lowest BCUT2D eigenvalue weighted by Gasteiger charge is -2.11. The zero-order chi connectivity index (χ0) is 17.6. The van der Waals surface area contributed by atoms with Gasteiger partial charge in [-0.2, -0.15) is 0 Å². The van der Waals surface area contributed by atoms with Crippen LogP contribution in [0.25, 0.3) is 0 Å². The summed E-state index contributed by atoms with van der Waals surface area (Å²) in [7, 11) is -0.342. The molecule has 0 aliphatic rings. The molecule has 0 saturated carbocycles. The Hall–Kier alpha value is -2.52. The quantitative estimate of drug-likeness (QED) is 0.752. The van der Waals surface area contributed by atoms with Crippen LogP contribution in [0.1, 0.15) is 5.56 Å². The first-order chi connectivity index (χ1) is 11.4. The number of amides is 1. The van der Waals surface area contributed by atoms with Gasteiger partial charge in [-0.05, 0) is 12.1 Å². The highest BCUT2D eigenvalue weighted by Crippen LogP contribution is 2.12. The molecule has 0 spiro atoms. The average Bonchev–Trinajstić information content (AvgIpc) is 2.57. The van der Waals surface area contributed by atoms with Gasteiger partial charge in [0.05, 0.1) is 11.4 Å². The smallest absolute Gasteiger partial charge is 0.264 e. The lowest BCUT2D eigenvalue weighted by molar-refractivity contribution is -0.127. The summed E-state index contributed by atoms with van der Waals surface area (Å²) < 4.78 is 26.6. The molecule has 0 unspecified atom stereocenters. The Balaban J connectivity index is 1.94. The van der Waals surface area contributed by atoms with Crippen molar-refractivity contribution in [3.63, 3.8) is 0 Å². The van der Waals surface area contributed by atoms with Crippen molar-refractivity contribution in [2.24, 2.45) is 0 Å². The van der Waals surface area contributed by atoms with Gasteiger partial charge in [0.1, 0.15) is 0 Å². The predicted octanol–water partition coefficient (Wildman–Crippen LogP) is 0.455. The number of carbonyl (C=O) groups is 1. The van der Waals surface area contributed by atoms with Crippen LogP contribution in [0.15, 0.2) is 47.6 Å². The lowest BCUT2D eigenvalue weighted by Crippen LogP contribution is -2.32. The molecule has 128 valence electrons. The largest absolute Gasteiger partial charge is 0.348 e. The van der Waals surface area contributed by atoms with E-state index in [2.05, 4.69) is 20.0 Å². The fourth-order valence-corrected chi connectivity index (χ4v) is 2.73. The first-order valence-electron chi connectivity index (χ1n) is 7.18. The molecule has 24 heavy (non-hydrogen) atoms. The van der Waals surface area contributed by atoms with E-state index in [1.54, 1.807) is 32.3 Å². The minimum Gasteiger partial charge on any atom is -0.348 e. The molecular formula is C15H19N5O3S. The molecule has 1 heterocycles. The Kier molecular flexibility index (Phi) is 5.83. The van der Waals surface area contributed by atoms with Crippen LogP contribution in [0.3, 0.4) is 0 Å². The Bertz CT molecular complexity index is 777. The first kappa shape index (κ1) is 17.8. The van der Waals surface area contributed by atoms with E-state index in [1.807, 2.05) is 0 Å². The van der Waals surface area contributed by atoms with Crippen molar-refractivity contribution in [3.8, 4) is 0 Å². The van der Waals surface area contributed by atoms with Gasteiger partial charge in [0.2, 0.25) is 11.9 Å². The number of nitrogens with zero attached hydrogens (tertiary/aromatic N) is 3. The van der Waals surface area contributed by atoms with Crippen molar-refractivity contribution in [2.45, 2.75) is 11.4 Å². The van der Waals surface area contributed by atoms with Crippen molar-refractivity contribution in [3.05, 3.63) is 48.3 Å². The van der Waals surface area contributed by atoms with E-state index in [9.17, 15) is 13.2 Å². The summed E-state index contributed by atoms with van der Waals surface area (Å²) in [4.78, 5) is 21.0. The van der Waals surface area contributed by atoms with Gasteiger partial charge in [-0.3, -0.25) is 4.79 Å². The molecule has 1 aromatic heterocycles. The number of sulfonamides is 1. The third kappa shape index (κ3) is 5.00. The molecule has 0 aliphatic heterocycles. The minimum atomic E-state index is -3.70. The van der Waals surface area contributed by atoms with E-state index in [0.717, 1.165) is 5.56 Å². The Morgan fingerprint density at radius 3 is 2.33 bits per heavy atom. The topological polar surface area (TPSA) is 104 Å². The van der Waals surface area contributed by atoms with Crippen LogP contribution in [0, 0.1) is 0 Å². The first-order valence-corrected chi connectivity index (χ1v) is 8.66. The highest BCUT2D eigenvalue weighted by molar-refractivity contribution is 7.92. The summed E-state index contributed by atoms with van der Waals surface area (Å²) in [6.45, 7) is 0.612. The normalized spacial score (nSPS) is 11.1. The summed E-state index contributed by atoms with van der Waals surface area (Å²) in [5, 5.41) is 2.97. The van der Waals surface area contributed by atoms with Crippen LogP contribution >= 0.6 is 0 Å². The molecule has 2 aromatic rings. The van der Waals surface area contributed by atoms with Crippen LogP contribution in [0.2, 0.25) is 0 Å². The molecule has 1 aromatic carbocycles. The number of hydrogen-bond donors (Lipinski definition) is 2. The molecule has 0 fully saturated rings. The zero-order valence-electron chi connectivity index (χ0n) is 13.4. The third-order valence-electron chi connectivity index (χ3n) is 3.09. The second-order valence-electron chi connectivity index (χ2n) is 5.23. The summed E-state index contributed by atoms with van der Waals surface area (Å²) in [5.74, 6) is -0.0462. The van der Waals surface area contributed by atoms with Crippen molar-refractivity contribution in [1.82, 2.24) is 20.2 Å². The molecule has 0 bridgehead atoms. The maximum atomic E-state index is 12.2. The standard InChI is InChI=1S/C15H19N5O3S/c1-20(2)14(21)11-16-8-12-9-17-15(18-10-12)19-24(22,23)13-6-4-3-5-7-13/h3-7,9-10,16H,8,11H2,1-2H3,(H,17,18,19). The van der Waals surface area contributed by atoms with E-state index in [0.29, 0.717) is 6.54 Å². The molecule has 2 rings (SSSR count). The molecule has 1 amide bonds. The van der Waals surface area contributed by atoms with Crippen molar-refractivity contribution in [2.75, 3.05) is 25.4 Å². The van der Waals surface area contributed by atoms with E-state index in [-0.39, 0.29) is 23.3 Å². The Morgan fingerprint density at radius 1 is 1.12 bits per heavy atom. The second kappa shape index (κ2) is 7.84. The number of likely N-dealkylation sites (N-methyl/N-ethyl adjacent to an activating group) is 1. The third-order valence-corrected chi connectivity index (χ3v) is 4.43. The number of carbonyl (C=O) groups excluding carboxylic acids is 1. The van der Waals surface area contributed by atoms with Gasteiger partial charge in [0.15, 0.2) is 0 Å². The fraction of sp³-hybridized carbons (Fsp3) is 0.267. The molecule has 0 aliphatic carbocycles. The summed E-state index contributed by atoms with van der Waals surface area (Å²) in [5.41, 5.74) is 0.740. The van der Waals surface area contributed by atoms with E-state index in [1.165, 1.54) is 29.4 Å². The lowest BCUT2D eigenvalue weighted by atomic mass is 10.3. The van der Waals surface area contributed by atoms with Crippen molar-refractivity contribution in [1.29, 1.82) is 0 Å². The molecule has 9 heteroatoms. The van der Waals surface area contributed by atoms with Crippen molar-refractivity contribution >= 4 is 21.9 Å². The van der Waals surface area contributed by atoms with Crippen LogP contribution in [0.5, 0.6) is 0 Å².